The molecule has 0 spiro atoms. The summed E-state index contributed by atoms with van der Waals surface area (Å²) < 4.78 is 0. The third-order valence-corrected chi connectivity index (χ3v) is 2.61. The Morgan fingerprint density at radius 2 is 1.94 bits per heavy atom. The second-order valence-electron chi connectivity index (χ2n) is 3.90. The molecule has 4 heteroatoms. The fourth-order valence-corrected chi connectivity index (χ4v) is 1.66. The van der Waals surface area contributed by atoms with Crippen molar-refractivity contribution in [3.05, 3.63) is 29.3 Å². The summed E-state index contributed by atoms with van der Waals surface area (Å²) in [4.78, 5) is 21.9. The summed E-state index contributed by atoms with van der Waals surface area (Å²) in [7, 11) is 0. The normalized spacial score (nSPS) is 10.2. The lowest BCUT2D eigenvalue weighted by atomic mass is 10.0. The molecule has 0 radical (unpaired) electrons. The summed E-state index contributed by atoms with van der Waals surface area (Å²) in [6.45, 7) is 2.07. The maximum atomic E-state index is 11.3. The predicted octanol–water partition coefficient (Wildman–Crippen LogP) is 2.39. The second kappa shape index (κ2) is 6.03. The molecule has 0 saturated carbocycles. The SMILES string of the molecule is CCCCCc1cccc(C(=O)C(=O)O)c1O. The van der Waals surface area contributed by atoms with E-state index in [1.807, 2.05) is 0 Å². The van der Waals surface area contributed by atoms with Crippen molar-refractivity contribution in [3.8, 4) is 5.75 Å². The van der Waals surface area contributed by atoms with Crippen molar-refractivity contribution in [1.29, 1.82) is 0 Å². The number of ketones is 1. The van der Waals surface area contributed by atoms with Gasteiger partial charge in [0.05, 0.1) is 5.56 Å². The number of carbonyl (C=O) groups is 2. The van der Waals surface area contributed by atoms with E-state index in [1.165, 1.54) is 6.07 Å². The van der Waals surface area contributed by atoms with E-state index in [2.05, 4.69) is 6.92 Å². The first kappa shape index (κ1) is 13.2. The smallest absolute Gasteiger partial charge is 0.377 e. The highest BCUT2D eigenvalue weighted by Crippen LogP contribution is 2.24. The van der Waals surface area contributed by atoms with Crippen molar-refractivity contribution >= 4 is 11.8 Å². The van der Waals surface area contributed by atoms with E-state index in [0.717, 1.165) is 19.3 Å². The number of rotatable bonds is 6. The van der Waals surface area contributed by atoms with E-state index in [4.69, 9.17) is 5.11 Å². The number of Topliss-reactive ketones (excluding diaryl/α,β-unsaturated/α-hetero) is 1. The number of unbranched alkanes of at least 4 members (excludes halogenated alkanes) is 2. The van der Waals surface area contributed by atoms with E-state index >= 15 is 0 Å². The molecule has 17 heavy (non-hydrogen) atoms. The molecule has 1 aromatic carbocycles. The van der Waals surface area contributed by atoms with Crippen LogP contribution >= 0.6 is 0 Å². The Morgan fingerprint density at radius 1 is 1.24 bits per heavy atom. The lowest BCUT2D eigenvalue weighted by Crippen LogP contribution is -2.13. The minimum Gasteiger partial charge on any atom is -0.507 e. The van der Waals surface area contributed by atoms with Crippen molar-refractivity contribution in [2.75, 3.05) is 0 Å². The van der Waals surface area contributed by atoms with Gasteiger partial charge < -0.3 is 10.2 Å². The summed E-state index contributed by atoms with van der Waals surface area (Å²) >= 11 is 0. The number of benzene rings is 1. The number of phenolic OH excluding ortho intramolecular Hbond substituents is 1. The van der Waals surface area contributed by atoms with E-state index in [0.29, 0.717) is 12.0 Å². The number of aromatic hydroxyl groups is 1. The van der Waals surface area contributed by atoms with E-state index in [-0.39, 0.29) is 11.3 Å². The van der Waals surface area contributed by atoms with Gasteiger partial charge in [0, 0.05) is 0 Å². The standard InChI is InChI=1S/C13H16O4/c1-2-3-4-6-9-7-5-8-10(11(9)14)12(15)13(16)17/h5,7-8,14H,2-4,6H2,1H3,(H,16,17). The summed E-state index contributed by atoms with van der Waals surface area (Å²) in [5, 5.41) is 18.4. The fourth-order valence-electron chi connectivity index (χ4n) is 1.66. The van der Waals surface area contributed by atoms with Gasteiger partial charge in [-0.2, -0.15) is 0 Å². The number of aryl methyl sites for hydroxylation is 1. The Balaban J connectivity index is 2.91. The van der Waals surface area contributed by atoms with E-state index in [1.54, 1.807) is 12.1 Å². The maximum Gasteiger partial charge on any atom is 0.377 e. The summed E-state index contributed by atoms with van der Waals surface area (Å²) in [5.74, 6) is -2.82. The van der Waals surface area contributed by atoms with Gasteiger partial charge in [0.1, 0.15) is 5.75 Å². The maximum absolute atomic E-state index is 11.3. The van der Waals surface area contributed by atoms with Gasteiger partial charge in [-0.25, -0.2) is 4.79 Å². The molecule has 0 fully saturated rings. The third-order valence-electron chi connectivity index (χ3n) is 2.61. The lowest BCUT2D eigenvalue weighted by molar-refractivity contribution is -0.131. The molecule has 0 aromatic heterocycles. The Labute approximate surface area is 99.9 Å². The Hall–Kier alpha value is -1.84. The van der Waals surface area contributed by atoms with Gasteiger partial charge in [-0.15, -0.1) is 0 Å². The van der Waals surface area contributed by atoms with Crippen LogP contribution < -0.4 is 0 Å². The van der Waals surface area contributed by atoms with Crippen LogP contribution in [0.15, 0.2) is 18.2 Å². The van der Waals surface area contributed by atoms with Crippen molar-refractivity contribution in [2.24, 2.45) is 0 Å². The van der Waals surface area contributed by atoms with Crippen LogP contribution in [-0.4, -0.2) is 22.0 Å². The van der Waals surface area contributed by atoms with Crippen LogP contribution in [0.3, 0.4) is 0 Å². The van der Waals surface area contributed by atoms with Crippen molar-refractivity contribution in [2.45, 2.75) is 32.6 Å². The zero-order chi connectivity index (χ0) is 12.8. The Kier molecular flexibility index (Phi) is 4.69. The quantitative estimate of drug-likeness (QED) is 0.452. The van der Waals surface area contributed by atoms with Crippen LogP contribution in [-0.2, 0) is 11.2 Å². The van der Waals surface area contributed by atoms with Crippen molar-refractivity contribution in [3.63, 3.8) is 0 Å². The molecule has 4 nitrogen and oxygen atoms in total. The summed E-state index contributed by atoms with van der Waals surface area (Å²) in [6, 6.07) is 4.63. The first-order valence-corrected chi connectivity index (χ1v) is 5.66. The van der Waals surface area contributed by atoms with Gasteiger partial charge >= 0.3 is 5.97 Å². The number of phenols is 1. The fraction of sp³-hybridized carbons (Fsp3) is 0.385. The highest BCUT2D eigenvalue weighted by atomic mass is 16.4. The molecule has 0 unspecified atom stereocenters. The molecule has 0 bridgehead atoms. The monoisotopic (exact) mass is 236 g/mol. The molecule has 2 N–H and O–H groups in total. The minimum absolute atomic E-state index is 0.133. The number of carboxylic acids is 1. The van der Waals surface area contributed by atoms with Gasteiger partial charge in [0.25, 0.3) is 5.78 Å². The largest absolute Gasteiger partial charge is 0.507 e. The highest BCUT2D eigenvalue weighted by Gasteiger charge is 2.19. The zero-order valence-electron chi connectivity index (χ0n) is 9.77. The molecule has 0 aliphatic rings. The minimum atomic E-state index is -1.55. The van der Waals surface area contributed by atoms with Crippen LogP contribution in [0.4, 0.5) is 0 Å². The molecule has 1 aromatic rings. The number of aliphatic carboxylic acids is 1. The molecule has 0 saturated heterocycles. The molecule has 92 valence electrons. The predicted molar refractivity (Wildman–Crippen MR) is 63.3 cm³/mol. The summed E-state index contributed by atoms with van der Waals surface area (Å²) in [5.41, 5.74) is 0.497. The number of para-hydroxylation sites is 1. The van der Waals surface area contributed by atoms with Gasteiger partial charge in [-0.1, -0.05) is 31.9 Å². The first-order valence-electron chi connectivity index (χ1n) is 5.66. The number of hydrogen-bond acceptors (Lipinski definition) is 3. The highest BCUT2D eigenvalue weighted by molar-refractivity contribution is 6.40. The summed E-state index contributed by atoms with van der Waals surface area (Å²) in [6.07, 6.45) is 3.67. The van der Waals surface area contributed by atoms with Crippen LogP contribution in [0.1, 0.15) is 42.1 Å². The van der Waals surface area contributed by atoms with Crippen LogP contribution in [0.5, 0.6) is 5.75 Å². The molecular formula is C13H16O4. The molecule has 0 amide bonds. The molecular weight excluding hydrogens is 220 g/mol. The number of carbonyl (C=O) groups excluding carboxylic acids is 1. The van der Waals surface area contributed by atoms with Crippen molar-refractivity contribution in [1.82, 2.24) is 0 Å². The van der Waals surface area contributed by atoms with Crippen LogP contribution in [0, 0.1) is 0 Å². The molecule has 0 aliphatic heterocycles. The van der Waals surface area contributed by atoms with E-state index in [9.17, 15) is 14.7 Å². The first-order chi connectivity index (χ1) is 8.07. The van der Waals surface area contributed by atoms with Gasteiger partial charge in [-0.05, 0) is 24.5 Å². The topological polar surface area (TPSA) is 74.6 Å². The average Bonchev–Trinajstić information content (AvgIpc) is 2.30. The number of carboxylic acid groups (broad SMARTS) is 1. The number of hydrogen-bond donors (Lipinski definition) is 2. The molecule has 0 atom stereocenters. The van der Waals surface area contributed by atoms with Crippen LogP contribution in [0.2, 0.25) is 0 Å². The lowest BCUT2D eigenvalue weighted by Gasteiger charge is -2.07. The van der Waals surface area contributed by atoms with Gasteiger partial charge in [-0.3, -0.25) is 4.79 Å². The molecule has 0 aliphatic carbocycles. The molecule has 1 rings (SSSR count). The zero-order valence-corrected chi connectivity index (χ0v) is 9.77. The third kappa shape index (κ3) is 3.31. The van der Waals surface area contributed by atoms with Crippen LogP contribution in [0.25, 0.3) is 0 Å². The Morgan fingerprint density at radius 3 is 2.53 bits per heavy atom. The average molecular weight is 236 g/mol. The van der Waals surface area contributed by atoms with E-state index < -0.39 is 11.8 Å². The second-order valence-corrected chi connectivity index (χ2v) is 3.90. The van der Waals surface area contributed by atoms with Crippen molar-refractivity contribution < 1.29 is 19.8 Å². The van der Waals surface area contributed by atoms with Gasteiger partial charge in [0.15, 0.2) is 0 Å². The Bertz CT molecular complexity index is 423. The van der Waals surface area contributed by atoms with Gasteiger partial charge in [0.2, 0.25) is 0 Å². The molecule has 0 heterocycles.